The lowest BCUT2D eigenvalue weighted by molar-refractivity contribution is 0.302. The molecule has 0 aromatic heterocycles. The Hall–Kier alpha value is -0.730. The van der Waals surface area contributed by atoms with Crippen molar-refractivity contribution in [1.82, 2.24) is 5.32 Å². The van der Waals surface area contributed by atoms with Crippen molar-refractivity contribution in [1.29, 1.82) is 0 Å². The van der Waals surface area contributed by atoms with Gasteiger partial charge in [0.2, 0.25) is 0 Å². The van der Waals surface area contributed by atoms with Crippen LogP contribution in [0.3, 0.4) is 0 Å². The van der Waals surface area contributed by atoms with Crippen molar-refractivity contribution < 1.29 is 4.74 Å². The van der Waals surface area contributed by atoms with Gasteiger partial charge in [-0.15, -0.1) is 0 Å². The molecule has 1 aromatic carbocycles. The van der Waals surface area contributed by atoms with Crippen molar-refractivity contribution in [3.63, 3.8) is 0 Å². The molecule has 1 aromatic rings. The summed E-state index contributed by atoms with van der Waals surface area (Å²) in [7, 11) is 0. The van der Waals surface area contributed by atoms with E-state index in [1.54, 1.807) is 0 Å². The van der Waals surface area contributed by atoms with Crippen LogP contribution in [-0.4, -0.2) is 19.2 Å². The first-order valence-electron chi connectivity index (χ1n) is 7.08. The lowest BCUT2D eigenvalue weighted by atomic mass is 10.0. The second kappa shape index (κ2) is 7.76. The van der Waals surface area contributed by atoms with Crippen LogP contribution in [0.15, 0.2) is 12.1 Å². The fourth-order valence-electron chi connectivity index (χ4n) is 1.89. The predicted octanol–water partition coefficient (Wildman–Crippen LogP) is 4.54. The van der Waals surface area contributed by atoms with E-state index in [0.29, 0.717) is 12.0 Å². The summed E-state index contributed by atoms with van der Waals surface area (Å²) in [6.45, 7) is 12.4. The van der Waals surface area contributed by atoms with E-state index >= 15 is 0 Å². The molecule has 0 amide bonds. The van der Waals surface area contributed by atoms with Crippen LogP contribution in [0.1, 0.15) is 51.2 Å². The van der Waals surface area contributed by atoms with Gasteiger partial charge in [-0.3, -0.25) is 0 Å². The highest BCUT2D eigenvalue weighted by Gasteiger charge is 2.10. The fraction of sp³-hybridized carbons (Fsp3) is 0.625. The van der Waals surface area contributed by atoms with Crippen molar-refractivity contribution in [3.8, 4) is 5.75 Å². The highest BCUT2D eigenvalue weighted by atomic mass is 35.5. The van der Waals surface area contributed by atoms with Gasteiger partial charge in [-0.25, -0.2) is 0 Å². The molecule has 0 bridgehead atoms. The van der Waals surface area contributed by atoms with E-state index in [9.17, 15) is 0 Å². The number of nitrogens with one attached hydrogen (secondary N) is 1. The van der Waals surface area contributed by atoms with Gasteiger partial charge >= 0.3 is 0 Å². The first kappa shape index (κ1) is 16.3. The lowest BCUT2D eigenvalue weighted by Gasteiger charge is -2.16. The predicted molar refractivity (Wildman–Crippen MR) is 83.5 cm³/mol. The van der Waals surface area contributed by atoms with Gasteiger partial charge in [0.25, 0.3) is 0 Å². The minimum atomic E-state index is 0.418. The Labute approximate surface area is 122 Å². The zero-order valence-electron chi connectivity index (χ0n) is 12.7. The average Bonchev–Trinajstić information content (AvgIpc) is 2.32. The average molecular weight is 284 g/mol. The molecule has 0 radical (unpaired) electrons. The summed E-state index contributed by atoms with van der Waals surface area (Å²) in [6.07, 6.45) is 1.01. The van der Waals surface area contributed by atoms with Gasteiger partial charge in [0, 0.05) is 11.1 Å². The van der Waals surface area contributed by atoms with E-state index in [0.717, 1.165) is 35.9 Å². The molecule has 19 heavy (non-hydrogen) atoms. The summed E-state index contributed by atoms with van der Waals surface area (Å²) in [5, 5.41) is 4.21. The maximum absolute atomic E-state index is 6.18. The maximum Gasteiger partial charge on any atom is 0.123 e. The molecule has 0 spiro atoms. The molecule has 0 fully saturated rings. The second-order valence-electron chi connectivity index (χ2n) is 5.60. The van der Waals surface area contributed by atoms with Gasteiger partial charge in [0.15, 0.2) is 0 Å². The number of aryl methyl sites for hydroxylation is 1. The highest BCUT2D eigenvalue weighted by molar-refractivity contribution is 6.31. The van der Waals surface area contributed by atoms with E-state index in [-0.39, 0.29) is 0 Å². The summed E-state index contributed by atoms with van der Waals surface area (Å²) in [6, 6.07) is 4.61. The Balaban J connectivity index is 2.59. The summed E-state index contributed by atoms with van der Waals surface area (Å²) in [5.74, 6) is 1.39. The molecule has 0 atom stereocenters. The second-order valence-corrected chi connectivity index (χ2v) is 6.01. The standard InChI is InChI=1S/C16H26ClNO/c1-11(2)14-10-15(17)13(5)9-16(14)19-8-6-7-18-12(3)4/h9-12,18H,6-8H2,1-5H3. The van der Waals surface area contributed by atoms with Crippen LogP contribution in [-0.2, 0) is 0 Å². The highest BCUT2D eigenvalue weighted by Crippen LogP contribution is 2.31. The number of benzene rings is 1. The van der Waals surface area contributed by atoms with Crippen LogP contribution in [0.5, 0.6) is 5.75 Å². The van der Waals surface area contributed by atoms with Crippen LogP contribution in [0.4, 0.5) is 0 Å². The zero-order chi connectivity index (χ0) is 14.4. The molecule has 0 saturated carbocycles. The maximum atomic E-state index is 6.18. The molecular formula is C16H26ClNO. The monoisotopic (exact) mass is 283 g/mol. The van der Waals surface area contributed by atoms with Gasteiger partial charge in [-0.2, -0.15) is 0 Å². The van der Waals surface area contributed by atoms with Crippen molar-refractivity contribution in [2.45, 2.75) is 53.0 Å². The number of hydrogen-bond acceptors (Lipinski definition) is 2. The van der Waals surface area contributed by atoms with E-state index in [2.05, 4.69) is 33.0 Å². The quantitative estimate of drug-likeness (QED) is 0.742. The molecule has 0 heterocycles. The Bertz CT molecular complexity index is 402. The topological polar surface area (TPSA) is 21.3 Å². The number of ether oxygens (including phenoxy) is 1. The SMILES string of the molecule is Cc1cc(OCCCNC(C)C)c(C(C)C)cc1Cl. The fourth-order valence-corrected chi connectivity index (χ4v) is 2.06. The van der Waals surface area contributed by atoms with E-state index in [1.165, 1.54) is 5.56 Å². The largest absolute Gasteiger partial charge is 0.493 e. The summed E-state index contributed by atoms with van der Waals surface area (Å²) in [5.41, 5.74) is 2.26. The minimum Gasteiger partial charge on any atom is -0.493 e. The third kappa shape index (κ3) is 5.42. The molecule has 0 aliphatic rings. The first-order valence-corrected chi connectivity index (χ1v) is 7.45. The van der Waals surface area contributed by atoms with Gasteiger partial charge in [0.05, 0.1) is 6.61 Å². The van der Waals surface area contributed by atoms with Crippen LogP contribution in [0, 0.1) is 6.92 Å². The molecule has 1 N–H and O–H groups in total. The summed E-state index contributed by atoms with van der Waals surface area (Å²) in [4.78, 5) is 0. The Morgan fingerprint density at radius 2 is 1.89 bits per heavy atom. The first-order chi connectivity index (χ1) is 8.91. The third-order valence-electron chi connectivity index (χ3n) is 3.04. The molecule has 0 saturated heterocycles. The van der Waals surface area contributed by atoms with Gasteiger partial charge < -0.3 is 10.1 Å². The molecular weight excluding hydrogens is 258 g/mol. The van der Waals surface area contributed by atoms with Crippen LogP contribution >= 0.6 is 11.6 Å². The molecule has 0 aliphatic heterocycles. The van der Waals surface area contributed by atoms with Crippen molar-refractivity contribution >= 4 is 11.6 Å². The molecule has 0 aliphatic carbocycles. The van der Waals surface area contributed by atoms with Crippen molar-refractivity contribution in [2.75, 3.05) is 13.2 Å². The normalized spacial score (nSPS) is 11.4. The van der Waals surface area contributed by atoms with E-state index in [1.807, 2.05) is 19.1 Å². The smallest absolute Gasteiger partial charge is 0.123 e. The molecule has 1 rings (SSSR count). The van der Waals surface area contributed by atoms with Crippen molar-refractivity contribution in [3.05, 3.63) is 28.3 Å². The van der Waals surface area contributed by atoms with E-state index in [4.69, 9.17) is 16.3 Å². The third-order valence-corrected chi connectivity index (χ3v) is 3.45. The molecule has 0 unspecified atom stereocenters. The Kier molecular flexibility index (Phi) is 6.67. The molecule has 2 nitrogen and oxygen atoms in total. The number of halogens is 1. The van der Waals surface area contributed by atoms with Crippen LogP contribution in [0.2, 0.25) is 5.02 Å². The van der Waals surface area contributed by atoms with Crippen molar-refractivity contribution in [2.24, 2.45) is 0 Å². The van der Waals surface area contributed by atoms with Crippen LogP contribution in [0.25, 0.3) is 0 Å². The summed E-state index contributed by atoms with van der Waals surface area (Å²) < 4.78 is 5.92. The Morgan fingerprint density at radius 1 is 1.21 bits per heavy atom. The minimum absolute atomic E-state index is 0.418. The van der Waals surface area contributed by atoms with Gasteiger partial charge in [-0.1, -0.05) is 39.3 Å². The molecule has 3 heteroatoms. The number of hydrogen-bond donors (Lipinski definition) is 1. The number of rotatable bonds is 7. The van der Waals surface area contributed by atoms with E-state index < -0.39 is 0 Å². The van der Waals surface area contributed by atoms with Gasteiger partial charge in [0.1, 0.15) is 5.75 Å². The van der Waals surface area contributed by atoms with Gasteiger partial charge in [-0.05, 0) is 49.1 Å². The molecule has 108 valence electrons. The zero-order valence-corrected chi connectivity index (χ0v) is 13.5. The lowest BCUT2D eigenvalue weighted by Crippen LogP contribution is -2.24. The van der Waals surface area contributed by atoms with Crippen LogP contribution < -0.4 is 10.1 Å². The summed E-state index contributed by atoms with van der Waals surface area (Å²) >= 11 is 6.18. The Morgan fingerprint density at radius 3 is 2.47 bits per heavy atom.